The summed E-state index contributed by atoms with van der Waals surface area (Å²) in [6.45, 7) is 3.31. The first-order valence-corrected chi connectivity index (χ1v) is 8.11. The van der Waals surface area contributed by atoms with Crippen molar-refractivity contribution in [3.8, 4) is 0 Å². The van der Waals surface area contributed by atoms with E-state index in [0.29, 0.717) is 6.54 Å². The summed E-state index contributed by atoms with van der Waals surface area (Å²) in [5, 5.41) is 2.79. The maximum atomic E-state index is 11.8. The van der Waals surface area contributed by atoms with Crippen LogP contribution in [0.2, 0.25) is 0 Å². The van der Waals surface area contributed by atoms with Gasteiger partial charge in [0.05, 0.1) is 0 Å². The molecule has 0 aromatic rings. The minimum absolute atomic E-state index is 0.0941. The molecule has 0 radical (unpaired) electrons. The second-order valence-electron chi connectivity index (χ2n) is 5.20. The third-order valence-corrected chi connectivity index (χ3v) is 6.18. The molecule has 17 heavy (non-hydrogen) atoms. The van der Waals surface area contributed by atoms with Crippen molar-refractivity contribution < 1.29 is 13.2 Å². The number of rotatable bonds is 4. The van der Waals surface area contributed by atoms with Crippen LogP contribution in [0.25, 0.3) is 0 Å². The van der Waals surface area contributed by atoms with Crippen LogP contribution in [0.3, 0.4) is 0 Å². The van der Waals surface area contributed by atoms with Crippen molar-refractivity contribution >= 4 is 27.3 Å². The lowest BCUT2D eigenvalue weighted by molar-refractivity contribution is -0.123. The van der Waals surface area contributed by atoms with E-state index in [-0.39, 0.29) is 11.3 Å². The number of carbonyl (C=O) groups excluding carboxylic acids is 1. The number of alkyl halides is 1. The van der Waals surface area contributed by atoms with Crippen molar-refractivity contribution in [2.75, 3.05) is 12.8 Å². The van der Waals surface area contributed by atoms with E-state index in [1.807, 2.05) is 0 Å². The number of hydrogen-bond donors (Lipinski definition) is 1. The van der Waals surface area contributed by atoms with Gasteiger partial charge in [-0.2, -0.15) is 0 Å². The van der Waals surface area contributed by atoms with Gasteiger partial charge in [0.25, 0.3) is 0 Å². The number of hydrogen-bond acceptors (Lipinski definition) is 3. The molecule has 0 aromatic carbocycles. The van der Waals surface area contributed by atoms with E-state index in [2.05, 4.69) is 5.32 Å². The number of halogens is 1. The van der Waals surface area contributed by atoms with E-state index in [4.69, 9.17) is 11.6 Å². The van der Waals surface area contributed by atoms with Crippen molar-refractivity contribution in [2.45, 2.75) is 43.2 Å². The fourth-order valence-electron chi connectivity index (χ4n) is 1.83. The van der Waals surface area contributed by atoms with Gasteiger partial charge in [-0.15, -0.1) is 11.6 Å². The van der Waals surface area contributed by atoms with Crippen LogP contribution in [-0.4, -0.2) is 37.2 Å². The molecule has 1 saturated carbocycles. The zero-order valence-corrected chi connectivity index (χ0v) is 12.1. The zero-order chi connectivity index (χ0) is 13.3. The van der Waals surface area contributed by atoms with E-state index in [9.17, 15) is 13.2 Å². The lowest BCUT2D eigenvalue weighted by Gasteiger charge is -2.23. The molecule has 1 fully saturated rings. The Morgan fingerprint density at radius 3 is 2.41 bits per heavy atom. The maximum Gasteiger partial charge on any atom is 0.240 e. The summed E-state index contributed by atoms with van der Waals surface area (Å²) < 4.78 is 21.6. The van der Waals surface area contributed by atoms with Gasteiger partial charge in [-0.05, 0) is 32.6 Å². The zero-order valence-electron chi connectivity index (χ0n) is 10.5. The van der Waals surface area contributed by atoms with Crippen LogP contribution in [0.15, 0.2) is 0 Å². The molecule has 1 rings (SSSR count). The number of carbonyl (C=O) groups is 1. The quantitative estimate of drug-likeness (QED) is 0.791. The Morgan fingerprint density at radius 1 is 1.41 bits per heavy atom. The van der Waals surface area contributed by atoms with Gasteiger partial charge in [0.1, 0.15) is 4.75 Å². The number of amides is 1. The first-order valence-electron chi connectivity index (χ1n) is 5.78. The van der Waals surface area contributed by atoms with Crippen molar-refractivity contribution in [3.63, 3.8) is 0 Å². The van der Waals surface area contributed by atoms with E-state index < -0.39 is 20.5 Å². The van der Waals surface area contributed by atoms with E-state index >= 15 is 0 Å². The average molecular weight is 282 g/mol. The van der Waals surface area contributed by atoms with Crippen LogP contribution in [-0.2, 0) is 14.6 Å². The molecular formula is C11H20ClNO3S. The Kier molecular flexibility index (Phi) is 4.47. The number of nitrogens with one attached hydrogen (secondary N) is 1. The fraction of sp³-hybridized carbons (Fsp3) is 0.909. The van der Waals surface area contributed by atoms with Gasteiger partial charge in [0.2, 0.25) is 5.91 Å². The van der Waals surface area contributed by atoms with E-state index in [1.54, 1.807) is 0 Å². The van der Waals surface area contributed by atoms with Gasteiger partial charge in [0.15, 0.2) is 9.84 Å². The molecule has 0 aromatic heterocycles. The highest BCUT2D eigenvalue weighted by Crippen LogP contribution is 2.29. The standard InChI is InChI=1S/C11H20ClNO3S/c1-11(2,17(3,15)16)10(14)13-7-8-5-4-6-9(8)12/h8-9H,4-7H2,1-3H3,(H,13,14). The van der Waals surface area contributed by atoms with Gasteiger partial charge < -0.3 is 5.32 Å². The SMILES string of the molecule is CC(C)(C(=O)NCC1CCCC1Cl)S(C)(=O)=O. The molecule has 0 heterocycles. The molecule has 0 saturated heterocycles. The second-order valence-corrected chi connectivity index (χ2v) is 8.33. The van der Waals surface area contributed by atoms with Crippen molar-refractivity contribution in [1.29, 1.82) is 0 Å². The molecule has 0 bridgehead atoms. The third kappa shape index (κ3) is 3.35. The second kappa shape index (κ2) is 5.14. The summed E-state index contributed by atoms with van der Waals surface area (Å²) in [7, 11) is -3.41. The molecule has 0 spiro atoms. The minimum Gasteiger partial charge on any atom is -0.354 e. The largest absolute Gasteiger partial charge is 0.354 e. The van der Waals surface area contributed by atoms with Crippen molar-refractivity contribution in [2.24, 2.45) is 5.92 Å². The fourth-order valence-corrected chi connectivity index (χ4v) is 2.60. The summed E-state index contributed by atoms with van der Waals surface area (Å²) in [6, 6.07) is 0. The monoisotopic (exact) mass is 281 g/mol. The smallest absolute Gasteiger partial charge is 0.240 e. The Balaban J connectivity index is 2.56. The van der Waals surface area contributed by atoms with Crippen LogP contribution in [0.1, 0.15) is 33.1 Å². The van der Waals surface area contributed by atoms with Crippen molar-refractivity contribution in [3.05, 3.63) is 0 Å². The molecule has 1 N–H and O–H groups in total. The topological polar surface area (TPSA) is 63.2 Å². The Morgan fingerprint density at radius 2 is 2.00 bits per heavy atom. The molecule has 2 atom stereocenters. The van der Waals surface area contributed by atoms with Crippen LogP contribution in [0, 0.1) is 5.92 Å². The highest BCUT2D eigenvalue weighted by Gasteiger charge is 2.38. The average Bonchev–Trinajstić information content (AvgIpc) is 2.58. The van der Waals surface area contributed by atoms with Gasteiger partial charge in [-0.1, -0.05) is 6.42 Å². The van der Waals surface area contributed by atoms with Crippen LogP contribution in [0.4, 0.5) is 0 Å². The molecule has 2 unspecified atom stereocenters. The predicted molar refractivity (Wildman–Crippen MR) is 68.9 cm³/mol. The summed E-state index contributed by atoms with van der Waals surface area (Å²) in [4.78, 5) is 11.8. The third-order valence-electron chi connectivity index (χ3n) is 3.56. The van der Waals surface area contributed by atoms with Crippen LogP contribution in [0.5, 0.6) is 0 Å². The molecule has 0 aliphatic heterocycles. The maximum absolute atomic E-state index is 11.8. The van der Waals surface area contributed by atoms with E-state index in [1.165, 1.54) is 13.8 Å². The molecule has 100 valence electrons. The predicted octanol–water partition coefficient (Wildman–Crippen LogP) is 1.33. The summed E-state index contributed by atoms with van der Waals surface area (Å²) in [5.74, 6) is -0.188. The first kappa shape index (κ1) is 14.8. The molecule has 1 amide bonds. The Labute approximate surface area is 108 Å². The molecule has 4 nitrogen and oxygen atoms in total. The molecule has 1 aliphatic carbocycles. The first-order chi connectivity index (χ1) is 7.66. The Bertz CT molecular complexity index is 392. The molecule has 6 heteroatoms. The van der Waals surface area contributed by atoms with Gasteiger partial charge in [-0.3, -0.25) is 4.79 Å². The van der Waals surface area contributed by atoms with Crippen LogP contribution < -0.4 is 5.32 Å². The number of sulfone groups is 1. The summed E-state index contributed by atoms with van der Waals surface area (Å²) in [6.07, 6.45) is 4.11. The Hall–Kier alpha value is -0.290. The molecule has 1 aliphatic rings. The van der Waals surface area contributed by atoms with E-state index in [0.717, 1.165) is 25.5 Å². The van der Waals surface area contributed by atoms with Crippen LogP contribution >= 0.6 is 11.6 Å². The summed E-state index contributed by atoms with van der Waals surface area (Å²) in [5.41, 5.74) is 0. The highest BCUT2D eigenvalue weighted by atomic mass is 35.5. The van der Waals surface area contributed by atoms with Gasteiger partial charge >= 0.3 is 0 Å². The van der Waals surface area contributed by atoms with Gasteiger partial charge in [-0.25, -0.2) is 8.42 Å². The van der Waals surface area contributed by atoms with Crippen molar-refractivity contribution in [1.82, 2.24) is 5.32 Å². The normalized spacial score (nSPS) is 25.9. The minimum atomic E-state index is -3.41. The lowest BCUT2D eigenvalue weighted by atomic mass is 10.1. The highest BCUT2D eigenvalue weighted by molar-refractivity contribution is 7.92. The molecular weight excluding hydrogens is 262 g/mol. The lowest BCUT2D eigenvalue weighted by Crippen LogP contribution is -2.48. The van der Waals surface area contributed by atoms with Gasteiger partial charge in [0, 0.05) is 18.2 Å². The summed E-state index contributed by atoms with van der Waals surface area (Å²) >= 11 is 6.10.